The number of nitrogens with zero attached hydrogens (tertiary/aromatic N) is 2. The van der Waals surface area contributed by atoms with Gasteiger partial charge in [0.15, 0.2) is 0 Å². The molecule has 4 heteroatoms. The number of rotatable bonds is 8. The van der Waals surface area contributed by atoms with Crippen molar-refractivity contribution in [3.05, 3.63) is 0 Å². The largest absolute Gasteiger partial charge is 0.380 e. The van der Waals surface area contributed by atoms with Gasteiger partial charge < -0.3 is 15.4 Å². The Balaban J connectivity index is 2.63. The molecule has 108 valence electrons. The molecule has 0 aliphatic heterocycles. The Hall–Kier alpha value is -0.160. The second kappa shape index (κ2) is 6.33. The first-order valence-electron chi connectivity index (χ1n) is 7.07. The highest BCUT2D eigenvalue weighted by molar-refractivity contribution is 5.00. The summed E-state index contributed by atoms with van der Waals surface area (Å²) in [7, 11) is 6.56. The lowest BCUT2D eigenvalue weighted by molar-refractivity contribution is -0.0319. The highest BCUT2D eigenvalue weighted by Gasteiger charge is 2.42. The molecule has 0 amide bonds. The number of ether oxygens (including phenoxy) is 1. The van der Waals surface area contributed by atoms with Gasteiger partial charge in [0.1, 0.15) is 0 Å². The maximum absolute atomic E-state index is 5.97. The van der Waals surface area contributed by atoms with Crippen LogP contribution in [-0.2, 0) is 4.74 Å². The Bertz CT molecular complexity index is 253. The van der Waals surface area contributed by atoms with Gasteiger partial charge in [-0.3, -0.25) is 4.90 Å². The van der Waals surface area contributed by atoms with Crippen LogP contribution in [0, 0.1) is 0 Å². The summed E-state index contributed by atoms with van der Waals surface area (Å²) in [6, 6.07) is 0. The average molecular weight is 257 g/mol. The summed E-state index contributed by atoms with van der Waals surface area (Å²) in [5.41, 5.74) is 6.25. The number of hydrogen-bond acceptors (Lipinski definition) is 4. The molecule has 0 aromatic heterocycles. The molecular weight excluding hydrogens is 226 g/mol. The van der Waals surface area contributed by atoms with E-state index < -0.39 is 0 Å². The lowest BCUT2D eigenvalue weighted by Gasteiger charge is -2.52. The zero-order chi connectivity index (χ0) is 13.8. The molecular formula is C14H31N3O. The molecule has 18 heavy (non-hydrogen) atoms. The minimum atomic E-state index is -0.0609. The molecule has 4 nitrogen and oxygen atoms in total. The summed E-state index contributed by atoms with van der Waals surface area (Å²) >= 11 is 0. The molecule has 1 unspecified atom stereocenters. The fraction of sp³-hybridized carbons (Fsp3) is 1.00. The maximum Gasteiger partial charge on any atom is 0.0659 e. The summed E-state index contributed by atoms with van der Waals surface area (Å²) < 4.78 is 5.60. The molecule has 1 fully saturated rings. The lowest BCUT2D eigenvalue weighted by atomic mass is 9.74. The molecule has 0 radical (unpaired) electrons. The monoisotopic (exact) mass is 257 g/mol. The fourth-order valence-corrected chi connectivity index (χ4v) is 2.61. The molecule has 0 heterocycles. The first-order chi connectivity index (χ1) is 8.40. The number of nitrogens with two attached hydrogens (primary N) is 1. The average Bonchev–Trinajstić information content (AvgIpc) is 2.29. The van der Waals surface area contributed by atoms with Crippen LogP contribution in [0.2, 0.25) is 0 Å². The molecule has 0 aromatic rings. The van der Waals surface area contributed by atoms with Crippen molar-refractivity contribution in [3.8, 4) is 0 Å². The topological polar surface area (TPSA) is 41.7 Å². The SMILES string of the molecule is CCOCC(C)(CN)N(C)CC1(N(C)C)CCC1. The van der Waals surface area contributed by atoms with Gasteiger partial charge in [-0.2, -0.15) is 0 Å². The minimum Gasteiger partial charge on any atom is -0.380 e. The Morgan fingerprint density at radius 2 is 1.89 bits per heavy atom. The van der Waals surface area contributed by atoms with E-state index in [-0.39, 0.29) is 5.54 Å². The van der Waals surface area contributed by atoms with E-state index >= 15 is 0 Å². The summed E-state index contributed by atoms with van der Waals surface area (Å²) in [6.45, 7) is 7.39. The molecule has 1 rings (SSSR count). The van der Waals surface area contributed by atoms with Crippen LogP contribution in [-0.4, -0.2) is 68.3 Å². The normalized spacial score (nSPS) is 22.0. The zero-order valence-corrected chi connectivity index (χ0v) is 12.8. The van der Waals surface area contributed by atoms with Crippen LogP contribution in [0.25, 0.3) is 0 Å². The fourth-order valence-electron chi connectivity index (χ4n) is 2.61. The van der Waals surface area contributed by atoms with E-state index in [9.17, 15) is 0 Å². The number of hydrogen-bond donors (Lipinski definition) is 1. The van der Waals surface area contributed by atoms with E-state index in [1.54, 1.807) is 0 Å². The smallest absolute Gasteiger partial charge is 0.0659 e. The Labute approximate surface area is 112 Å². The highest BCUT2D eigenvalue weighted by atomic mass is 16.5. The lowest BCUT2D eigenvalue weighted by Crippen LogP contribution is -2.63. The molecule has 1 atom stereocenters. The van der Waals surface area contributed by atoms with Gasteiger partial charge >= 0.3 is 0 Å². The third-order valence-corrected chi connectivity index (χ3v) is 4.74. The first kappa shape index (κ1) is 15.9. The summed E-state index contributed by atoms with van der Waals surface area (Å²) in [5.74, 6) is 0. The van der Waals surface area contributed by atoms with E-state index in [0.717, 1.165) is 13.2 Å². The van der Waals surface area contributed by atoms with Gasteiger partial charge in [0.25, 0.3) is 0 Å². The third-order valence-electron chi connectivity index (χ3n) is 4.74. The Morgan fingerprint density at radius 3 is 2.22 bits per heavy atom. The summed E-state index contributed by atoms with van der Waals surface area (Å²) in [6.07, 6.45) is 3.93. The van der Waals surface area contributed by atoms with Crippen LogP contribution >= 0.6 is 0 Å². The predicted molar refractivity (Wildman–Crippen MR) is 76.9 cm³/mol. The van der Waals surface area contributed by atoms with Crippen LogP contribution in [0.4, 0.5) is 0 Å². The molecule has 0 saturated heterocycles. The van der Waals surface area contributed by atoms with E-state index in [2.05, 4.69) is 37.9 Å². The van der Waals surface area contributed by atoms with Crippen molar-refractivity contribution < 1.29 is 4.74 Å². The van der Waals surface area contributed by atoms with Gasteiger partial charge in [0.2, 0.25) is 0 Å². The maximum atomic E-state index is 5.97. The van der Waals surface area contributed by atoms with E-state index in [0.29, 0.717) is 18.7 Å². The molecule has 0 bridgehead atoms. The highest BCUT2D eigenvalue weighted by Crippen LogP contribution is 2.37. The van der Waals surface area contributed by atoms with Crippen molar-refractivity contribution in [1.29, 1.82) is 0 Å². The zero-order valence-electron chi connectivity index (χ0n) is 12.8. The van der Waals surface area contributed by atoms with E-state index in [1.807, 2.05) is 6.92 Å². The summed E-state index contributed by atoms with van der Waals surface area (Å²) in [5, 5.41) is 0. The van der Waals surface area contributed by atoms with Crippen LogP contribution in [0.5, 0.6) is 0 Å². The van der Waals surface area contributed by atoms with Crippen molar-refractivity contribution in [3.63, 3.8) is 0 Å². The van der Waals surface area contributed by atoms with Gasteiger partial charge in [-0.1, -0.05) is 0 Å². The van der Waals surface area contributed by atoms with E-state index in [1.165, 1.54) is 19.3 Å². The third kappa shape index (κ3) is 3.23. The predicted octanol–water partition coefficient (Wildman–Crippen LogP) is 1.16. The van der Waals surface area contributed by atoms with Crippen LogP contribution in [0.15, 0.2) is 0 Å². The second-order valence-electron chi connectivity index (χ2n) is 6.17. The quantitative estimate of drug-likeness (QED) is 0.708. The standard InChI is InChI=1S/C14H31N3O/c1-6-18-12-13(2,10-15)17(5)11-14(16(3)4)8-7-9-14/h6-12,15H2,1-5H3. The van der Waals surface area contributed by atoms with Gasteiger partial charge in [-0.05, 0) is 54.3 Å². The first-order valence-corrected chi connectivity index (χ1v) is 7.07. The van der Waals surface area contributed by atoms with Gasteiger partial charge in [-0.25, -0.2) is 0 Å². The van der Waals surface area contributed by atoms with Crippen molar-refractivity contribution in [2.24, 2.45) is 5.73 Å². The summed E-state index contributed by atoms with van der Waals surface area (Å²) in [4.78, 5) is 4.77. The van der Waals surface area contributed by atoms with Crippen molar-refractivity contribution >= 4 is 0 Å². The van der Waals surface area contributed by atoms with Gasteiger partial charge in [-0.15, -0.1) is 0 Å². The molecule has 1 saturated carbocycles. The van der Waals surface area contributed by atoms with E-state index in [4.69, 9.17) is 10.5 Å². The Kier molecular flexibility index (Phi) is 5.59. The molecule has 1 aliphatic rings. The molecule has 0 spiro atoms. The van der Waals surface area contributed by atoms with Crippen molar-refractivity contribution in [1.82, 2.24) is 9.80 Å². The van der Waals surface area contributed by atoms with Gasteiger partial charge in [0, 0.05) is 25.2 Å². The minimum absolute atomic E-state index is 0.0609. The number of likely N-dealkylation sites (N-methyl/N-ethyl adjacent to an activating group) is 2. The Morgan fingerprint density at radius 1 is 1.28 bits per heavy atom. The van der Waals surface area contributed by atoms with Gasteiger partial charge in [0.05, 0.1) is 12.1 Å². The second-order valence-corrected chi connectivity index (χ2v) is 6.17. The van der Waals surface area contributed by atoms with Crippen molar-refractivity contribution in [2.45, 2.75) is 44.2 Å². The molecule has 2 N–H and O–H groups in total. The van der Waals surface area contributed by atoms with Crippen molar-refractivity contribution in [2.75, 3.05) is 47.4 Å². The van der Waals surface area contributed by atoms with Crippen LogP contribution < -0.4 is 5.73 Å². The molecule has 1 aliphatic carbocycles. The van der Waals surface area contributed by atoms with Crippen LogP contribution in [0.1, 0.15) is 33.1 Å². The van der Waals surface area contributed by atoms with Crippen LogP contribution in [0.3, 0.4) is 0 Å². The molecule has 0 aromatic carbocycles.